The fourth-order valence-corrected chi connectivity index (χ4v) is 2.47. The zero-order chi connectivity index (χ0) is 19.9. The van der Waals surface area contributed by atoms with Crippen LogP contribution < -0.4 is 4.74 Å². The third-order valence-corrected chi connectivity index (χ3v) is 3.81. The van der Waals surface area contributed by atoms with Crippen LogP contribution in [-0.4, -0.2) is 23.9 Å². The number of nitrogens with zero attached hydrogens (tertiary/aromatic N) is 2. The van der Waals surface area contributed by atoms with Crippen LogP contribution in [0.3, 0.4) is 0 Å². The number of hydrogen-bond acceptors (Lipinski definition) is 6. The molecule has 0 saturated carbocycles. The minimum atomic E-state index is -0.566. The highest BCUT2D eigenvalue weighted by Gasteiger charge is 2.20. The molecular weight excluding hydrogens is 360 g/mol. The van der Waals surface area contributed by atoms with Gasteiger partial charge in [0.1, 0.15) is 5.75 Å². The summed E-state index contributed by atoms with van der Waals surface area (Å²) in [6.07, 6.45) is 8.11. The predicted molar refractivity (Wildman–Crippen MR) is 106 cm³/mol. The third kappa shape index (κ3) is 4.59. The Morgan fingerprint density at radius 3 is 2.71 bits per heavy atom. The lowest BCUT2D eigenvalue weighted by molar-refractivity contribution is -0.384. The molecule has 0 amide bonds. The van der Waals surface area contributed by atoms with E-state index in [1.165, 1.54) is 18.2 Å². The standard InChI is InChI=1S/C21H16N2O5/c1-27-19-11-3-2-7-16(19)8-5-10-18-21(24)28-20(22-18)13-12-15-6-4-9-17(14-15)23(25)26/h2-14H,1H3/b8-5+,13-12+,18-10-. The zero-order valence-electron chi connectivity index (χ0n) is 14.9. The van der Waals surface area contributed by atoms with Gasteiger partial charge in [-0.3, -0.25) is 10.1 Å². The van der Waals surface area contributed by atoms with E-state index in [0.29, 0.717) is 5.56 Å². The molecule has 1 aliphatic rings. The van der Waals surface area contributed by atoms with Gasteiger partial charge in [-0.05, 0) is 23.8 Å². The van der Waals surface area contributed by atoms with Crippen LogP contribution in [-0.2, 0) is 9.53 Å². The summed E-state index contributed by atoms with van der Waals surface area (Å²) in [6, 6.07) is 13.6. The molecule has 1 aliphatic heterocycles. The molecule has 1 heterocycles. The molecule has 0 atom stereocenters. The van der Waals surface area contributed by atoms with Gasteiger partial charge in [-0.2, -0.15) is 0 Å². The Labute approximate surface area is 161 Å². The monoisotopic (exact) mass is 376 g/mol. The van der Waals surface area contributed by atoms with Crippen molar-refractivity contribution in [2.24, 2.45) is 4.99 Å². The number of nitro benzene ring substituents is 1. The van der Waals surface area contributed by atoms with Gasteiger partial charge in [-0.25, -0.2) is 9.79 Å². The number of esters is 1. The first-order valence-corrected chi connectivity index (χ1v) is 8.31. The van der Waals surface area contributed by atoms with Gasteiger partial charge >= 0.3 is 5.97 Å². The Morgan fingerprint density at radius 1 is 1.11 bits per heavy atom. The molecule has 2 aromatic carbocycles. The maximum Gasteiger partial charge on any atom is 0.363 e. The molecule has 140 valence electrons. The van der Waals surface area contributed by atoms with E-state index in [0.717, 1.165) is 11.3 Å². The summed E-state index contributed by atoms with van der Waals surface area (Å²) in [5, 5.41) is 10.8. The van der Waals surface area contributed by atoms with E-state index < -0.39 is 10.9 Å². The highest BCUT2D eigenvalue weighted by Crippen LogP contribution is 2.20. The molecule has 0 radical (unpaired) electrons. The second-order valence-corrected chi connectivity index (χ2v) is 5.68. The minimum absolute atomic E-state index is 0.0189. The number of methoxy groups -OCH3 is 1. The van der Waals surface area contributed by atoms with E-state index >= 15 is 0 Å². The number of rotatable bonds is 6. The Hall–Kier alpha value is -4.00. The van der Waals surface area contributed by atoms with E-state index in [9.17, 15) is 14.9 Å². The van der Waals surface area contributed by atoms with Crippen LogP contribution in [0.15, 0.2) is 77.4 Å². The molecule has 0 N–H and O–H groups in total. The highest BCUT2D eigenvalue weighted by molar-refractivity contribution is 6.09. The van der Waals surface area contributed by atoms with Crippen molar-refractivity contribution in [2.75, 3.05) is 7.11 Å². The van der Waals surface area contributed by atoms with Gasteiger partial charge in [0.2, 0.25) is 5.90 Å². The highest BCUT2D eigenvalue weighted by atomic mass is 16.6. The van der Waals surface area contributed by atoms with E-state index in [4.69, 9.17) is 9.47 Å². The fourth-order valence-electron chi connectivity index (χ4n) is 2.47. The first-order chi connectivity index (χ1) is 13.6. The molecule has 0 aromatic heterocycles. The molecule has 0 bridgehead atoms. The molecule has 7 nitrogen and oxygen atoms in total. The quantitative estimate of drug-likeness (QED) is 0.327. The maximum atomic E-state index is 11.9. The van der Waals surface area contributed by atoms with E-state index in [2.05, 4.69) is 4.99 Å². The number of carbonyl (C=O) groups excluding carboxylic acids is 1. The summed E-state index contributed by atoms with van der Waals surface area (Å²) in [5.41, 5.74) is 1.60. The van der Waals surface area contributed by atoms with Crippen LogP contribution in [0.1, 0.15) is 11.1 Å². The first-order valence-electron chi connectivity index (χ1n) is 8.31. The van der Waals surface area contributed by atoms with E-state index in [1.807, 2.05) is 24.3 Å². The average Bonchev–Trinajstić information content (AvgIpc) is 3.06. The summed E-state index contributed by atoms with van der Waals surface area (Å²) < 4.78 is 10.3. The lowest BCUT2D eigenvalue weighted by atomic mass is 10.2. The number of nitro groups is 1. The molecule has 2 aromatic rings. The van der Waals surface area contributed by atoms with E-state index in [-0.39, 0.29) is 17.3 Å². The van der Waals surface area contributed by atoms with Crippen LogP contribution in [0, 0.1) is 10.1 Å². The first kappa shape index (κ1) is 18.8. The van der Waals surface area contributed by atoms with Crippen LogP contribution in [0.5, 0.6) is 5.75 Å². The Balaban J connectivity index is 1.73. The normalized spacial score (nSPS) is 15.2. The molecule has 7 heteroatoms. The maximum absolute atomic E-state index is 11.9. The van der Waals surface area contributed by atoms with Gasteiger partial charge in [-0.15, -0.1) is 0 Å². The van der Waals surface area contributed by atoms with Crippen LogP contribution in [0.4, 0.5) is 5.69 Å². The zero-order valence-corrected chi connectivity index (χ0v) is 14.9. The van der Waals surface area contributed by atoms with Crippen LogP contribution in [0.2, 0.25) is 0 Å². The molecule has 0 fully saturated rings. The number of non-ortho nitro benzene ring substituents is 1. The Morgan fingerprint density at radius 2 is 1.93 bits per heavy atom. The Kier molecular flexibility index (Phi) is 5.76. The molecule has 0 spiro atoms. The fraction of sp³-hybridized carbons (Fsp3) is 0.0476. The summed E-state index contributed by atoms with van der Waals surface area (Å²) in [7, 11) is 1.59. The number of benzene rings is 2. The topological polar surface area (TPSA) is 91.0 Å². The summed E-state index contributed by atoms with van der Waals surface area (Å²) in [6.45, 7) is 0. The molecule has 0 saturated heterocycles. The number of allylic oxidation sites excluding steroid dienone is 2. The lowest BCUT2D eigenvalue weighted by Crippen LogP contribution is -2.01. The predicted octanol–water partition coefficient (Wildman–Crippen LogP) is 4.17. The van der Waals surface area contributed by atoms with Crippen molar-refractivity contribution in [1.82, 2.24) is 0 Å². The van der Waals surface area contributed by atoms with Crippen molar-refractivity contribution in [1.29, 1.82) is 0 Å². The van der Waals surface area contributed by atoms with E-state index in [1.54, 1.807) is 43.5 Å². The molecule has 28 heavy (non-hydrogen) atoms. The molecule has 0 aliphatic carbocycles. The largest absolute Gasteiger partial charge is 0.496 e. The van der Waals surface area contributed by atoms with Gasteiger partial charge in [0.05, 0.1) is 12.0 Å². The second-order valence-electron chi connectivity index (χ2n) is 5.68. The Bertz CT molecular complexity index is 1030. The van der Waals surface area contributed by atoms with Gasteiger partial charge in [-0.1, -0.05) is 42.5 Å². The van der Waals surface area contributed by atoms with Gasteiger partial charge < -0.3 is 9.47 Å². The van der Waals surface area contributed by atoms with Crippen molar-refractivity contribution in [3.8, 4) is 5.75 Å². The number of cyclic esters (lactones) is 1. The minimum Gasteiger partial charge on any atom is -0.496 e. The van der Waals surface area contributed by atoms with Gasteiger partial charge in [0.15, 0.2) is 5.70 Å². The second kappa shape index (κ2) is 8.59. The van der Waals surface area contributed by atoms with Gasteiger partial charge in [0.25, 0.3) is 5.69 Å². The van der Waals surface area contributed by atoms with Gasteiger partial charge in [0, 0.05) is 23.8 Å². The van der Waals surface area contributed by atoms with Crippen molar-refractivity contribution < 1.29 is 19.2 Å². The average molecular weight is 376 g/mol. The number of hydrogen-bond donors (Lipinski definition) is 0. The summed E-state index contributed by atoms with van der Waals surface area (Å²) in [4.78, 5) is 26.4. The summed E-state index contributed by atoms with van der Waals surface area (Å²) >= 11 is 0. The number of ether oxygens (including phenoxy) is 2. The van der Waals surface area contributed by atoms with Crippen molar-refractivity contribution in [2.45, 2.75) is 0 Å². The van der Waals surface area contributed by atoms with Crippen molar-refractivity contribution in [3.63, 3.8) is 0 Å². The van der Waals surface area contributed by atoms with Crippen LogP contribution in [0.25, 0.3) is 12.2 Å². The smallest absolute Gasteiger partial charge is 0.363 e. The van der Waals surface area contributed by atoms with Crippen molar-refractivity contribution in [3.05, 3.63) is 93.7 Å². The number of aliphatic imine (C=N–C) groups is 1. The number of para-hydroxylation sites is 1. The molecule has 3 rings (SSSR count). The SMILES string of the molecule is COc1ccccc1/C=C/C=C1N=C(/C=C/c2cccc([N+](=O)[O-])c2)OC\1=O. The van der Waals surface area contributed by atoms with Crippen LogP contribution >= 0.6 is 0 Å². The van der Waals surface area contributed by atoms with Crippen molar-refractivity contribution >= 4 is 29.7 Å². The number of carbonyl (C=O) groups is 1. The lowest BCUT2D eigenvalue weighted by Gasteiger charge is -2.02. The summed E-state index contributed by atoms with van der Waals surface area (Å²) in [5.74, 6) is 0.270. The third-order valence-electron chi connectivity index (χ3n) is 3.81. The molecular formula is C21H16N2O5. The molecule has 0 unspecified atom stereocenters.